The van der Waals surface area contributed by atoms with Gasteiger partial charge in [-0.15, -0.1) is 0 Å². The standard InChI is InChI=1S/C17H18IN3O/c1-12-5-3-4-6-14(12)10-20-21-17(22)11-19-15-7-8-16(18)13(2)9-15/h3-10,19H,11H2,1-2H3,(H,21,22)/b20-10+. The SMILES string of the molecule is Cc1cc(NCC(=O)N/N=C/c2ccccc2C)ccc1I. The fourth-order valence-electron chi connectivity index (χ4n) is 1.88. The highest BCUT2D eigenvalue weighted by atomic mass is 127. The Labute approximate surface area is 144 Å². The highest BCUT2D eigenvalue weighted by Gasteiger charge is 2.01. The van der Waals surface area contributed by atoms with Crippen molar-refractivity contribution in [3.63, 3.8) is 0 Å². The van der Waals surface area contributed by atoms with E-state index in [1.807, 2.05) is 56.3 Å². The van der Waals surface area contributed by atoms with Gasteiger partial charge in [-0.3, -0.25) is 4.79 Å². The van der Waals surface area contributed by atoms with Crippen LogP contribution in [0.3, 0.4) is 0 Å². The molecule has 0 fully saturated rings. The zero-order chi connectivity index (χ0) is 15.9. The molecule has 1 amide bonds. The first-order valence-electron chi connectivity index (χ1n) is 6.94. The Bertz CT molecular complexity index is 698. The molecular weight excluding hydrogens is 389 g/mol. The maximum atomic E-state index is 11.8. The number of hydrazone groups is 1. The fraction of sp³-hybridized carbons (Fsp3) is 0.176. The Morgan fingerprint density at radius 1 is 1.18 bits per heavy atom. The van der Waals surface area contributed by atoms with Crippen molar-refractivity contribution < 1.29 is 4.79 Å². The lowest BCUT2D eigenvalue weighted by atomic mass is 10.1. The van der Waals surface area contributed by atoms with Gasteiger partial charge in [0.05, 0.1) is 12.8 Å². The first-order valence-corrected chi connectivity index (χ1v) is 8.01. The minimum Gasteiger partial charge on any atom is -0.376 e. The van der Waals surface area contributed by atoms with Crippen molar-refractivity contribution in [2.45, 2.75) is 13.8 Å². The number of anilines is 1. The molecule has 0 bridgehead atoms. The van der Waals surface area contributed by atoms with Gasteiger partial charge in [0.1, 0.15) is 0 Å². The highest BCUT2D eigenvalue weighted by Crippen LogP contribution is 2.16. The van der Waals surface area contributed by atoms with Crippen LogP contribution in [0.25, 0.3) is 0 Å². The van der Waals surface area contributed by atoms with Crippen molar-refractivity contribution in [2.24, 2.45) is 5.10 Å². The Balaban J connectivity index is 1.83. The van der Waals surface area contributed by atoms with Crippen LogP contribution in [0.4, 0.5) is 5.69 Å². The van der Waals surface area contributed by atoms with Gasteiger partial charge in [-0.2, -0.15) is 5.10 Å². The van der Waals surface area contributed by atoms with E-state index in [2.05, 4.69) is 38.4 Å². The van der Waals surface area contributed by atoms with E-state index in [4.69, 9.17) is 0 Å². The van der Waals surface area contributed by atoms with Gasteiger partial charge >= 0.3 is 0 Å². The molecule has 2 rings (SSSR count). The summed E-state index contributed by atoms with van der Waals surface area (Å²) in [4.78, 5) is 11.8. The van der Waals surface area contributed by atoms with E-state index < -0.39 is 0 Å². The summed E-state index contributed by atoms with van der Waals surface area (Å²) in [5.74, 6) is -0.180. The largest absolute Gasteiger partial charge is 0.376 e. The third kappa shape index (κ3) is 4.84. The quantitative estimate of drug-likeness (QED) is 0.453. The normalized spacial score (nSPS) is 10.7. The second-order valence-corrected chi connectivity index (χ2v) is 6.13. The van der Waals surface area contributed by atoms with Gasteiger partial charge < -0.3 is 5.32 Å². The molecule has 0 aromatic heterocycles. The topological polar surface area (TPSA) is 53.5 Å². The molecular formula is C17H18IN3O. The molecule has 0 radical (unpaired) electrons. The van der Waals surface area contributed by atoms with Crippen LogP contribution in [0.1, 0.15) is 16.7 Å². The van der Waals surface area contributed by atoms with E-state index in [1.54, 1.807) is 6.21 Å². The number of hydrogen-bond acceptors (Lipinski definition) is 3. The van der Waals surface area contributed by atoms with Crippen molar-refractivity contribution >= 4 is 40.4 Å². The van der Waals surface area contributed by atoms with Gasteiger partial charge in [-0.1, -0.05) is 24.3 Å². The number of carbonyl (C=O) groups is 1. The lowest BCUT2D eigenvalue weighted by Crippen LogP contribution is -2.25. The fourth-order valence-corrected chi connectivity index (χ4v) is 2.22. The average molecular weight is 407 g/mol. The van der Waals surface area contributed by atoms with E-state index in [1.165, 1.54) is 9.13 Å². The molecule has 0 heterocycles. The van der Waals surface area contributed by atoms with Gasteiger partial charge in [0.25, 0.3) is 5.91 Å². The second-order valence-electron chi connectivity index (χ2n) is 4.97. The number of amides is 1. The molecule has 2 aromatic rings. The Morgan fingerprint density at radius 3 is 2.68 bits per heavy atom. The van der Waals surface area contributed by atoms with Gasteiger partial charge in [0.2, 0.25) is 0 Å². The monoisotopic (exact) mass is 407 g/mol. The van der Waals surface area contributed by atoms with Crippen LogP contribution in [0.15, 0.2) is 47.6 Å². The van der Waals surface area contributed by atoms with E-state index in [9.17, 15) is 4.79 Å². The van der Waals surface area contributed by atoms with Crippen LogP contribution in [-0.2, 0) is 4.79 Å². The smallest absolute Gasteiger partial charge is 0.259 e. The molecule has 0 spiro atoms. The maximum absolute atomic E-state index is 11.8. The zero-order valence-electron chi connectivity index (χ0n) is 12.6. The van der Waals surface area contributed by atoms with Crippen LogP contribution in [-0.4, -0.2) is 18.7 Å². The van der Waals surface area contributed by atoms with Crippen molar-refractivity contribution in [1.82, 2.24) is 5.43 Å². The molecule has 5 heteroatoms. The maximum Gasteiger partial charge on any atom is 0.259 e. The number of aryl methyl sites for hydroxylation is 2. The van der Waals surface area contributed by atoms with E-state index in [-0.39, 0.29) is 12.5 Å². The Hall–Kier alpha value is -1.89. The summed E-state index contributed by atoms with van der Waals surface area (Å²) in [7, 11) is 0. The van der Waals surface area contributed by atoms with Gasteiger partial charge in [-0.05, 0) is 71.3 Å². The predicted molar refractivity (Wildman–Crippen MR) is 99.3 cm³/mol. The number of rotatable bonds is 5. The van der Waals surface area contributed by atoms with Crippen LogP contribution >= 0.6 is 22.6 Å². The average Bonchev–Trinajstić information content (AvgIpc) is 2.50. The van der Waals surface area contributed by atoms with Crippen molar-refractivity contribution in [3.8, 4) is 0 Å². The molecule has 4 nitrogen and oxygen atoms in total. The van der Waals surface area contributed by atoms with E-state index >= 15 is 0 Å². The second kappa shape index (κ2) is 7.93. The number of nitrogens with zero attached hydrogens (tertiary/aromatic N) is 1. The van der Waals surface area contributed by atoms with Crippen LogP contribution in [0.5, 0.6) is 0 Å². The summed E-state index contributed by atoms with van der Waals surface area (Å²) >= 11 is 2.28. The lowest BCUT2D eigenvalue weighted by Gasteiger charge is -2.07. The summed E-state index contributed by atoms with van der Waals surface area (Å²) in [6, 6.07) is 13.9. The van der Waals surface area contributed by atoms with Crippen LogP contribution in [0, 0.1) is 17.4 Å². The molecule has 0 saturated carbocycles. The molecule has 22 heavy (non-hydrogen) atoms. The molecule has 2 N–H and O–H groups in total. The molecule has 0 aliphatic carbocycles. The van der Waals surface area contributed by atoms with Gasteiger partial charge in [-0.25, -0.2) is 5.43 Å². The van der Waals surface area contributed by atoms with Crippen molar-refractivity contribution in [3.05, 3.63) is 62.7 Å². The summed E-state index contributed by atoms with van der Waals surface area (Å²) < 4.78 is 1.20. The van der Waals surface area contributed by atoms with E-state index in [0.717, 1.165) is 16.8 Å². The molecule has 0 aliphatic heterocycles. The third-order valence-corrected chi connectivity index (χ3v) is 4.40. The van der Waals surface area contributed by atoms with Crippen molar-refractivity contribution in [1.29, 1.82) is 0 Å². The first-order chi connectivity index (χ1) is 10.6. The number of halogens is 1. The molecule has 114 valence electrons. The minimum atomic E-state index is -0.180. The molecule has 0 unspecified atom stereocenters. The van der Waals surface area contributed by atoms with E-state index in [0.29, 0.717) is 0 Å². The minimum absolute atomic E-state index is 0.180. The number of hydrogen-bond donors (Lipinski definition) is 2. The third-order valence-electron chi connectivity index (χ3n) is 3.19. The van der Waals surface area contributed by atoms with Crippen molar-refractivity contribution in [2.75, 3.05) is 11.9 Å². The van der Waals surface area contributed by atoms with Gasteiger partial charge in [0, 0.05) is 9.26 Å². The molecule has 2 aromatic carbocycles. The predicted octanol–water partition coefficient (Wildman–Crippen LogP) is 3.47. The van der Waals surface area contributed by atoms with Crippen LogP contribution < -0.4 is 10.7 Å². The Morgan fingerprint density at radius 2 is 1.95 bits per heavy atom. The summed E-state index contributed by atoms with van der Waals surface area (Å²) in [5.41, 5.74) is 6.74. The van der Waals surface area contributed by atoms with Crippen LogP contribution in [0.2, 0.25) is 0 Å². The number of benzene rings is 2. The molecule has 0 atom stereocenters. The Kier molecular flexibility index (Phi) is 5.94. The molecule has 0 saturated heterocycles. The number of carbonyl (C=O) groups excluding carboxylic acids is 1. The first kappa shape index (κ1) is 16.5. The summed E-state index contributed by atoms with van der Waals surface area (Å²) in [6.45, 7) is 4.23. The molecule has 0 aliphatic rings. The number of nitrogens with one attached hydrogen (secondary N) is 2. The van der Waals surface area contributed by atoms with Gasteiger partial charge in [0.15, 0.2) is 0 Å². The highest BCUT2D eigenvalue weighted by molar-refractivity contribution is 14.1. The zero-order valence-corrected chi connectivity index (χ0v) is 14.7. The summed E-state index contributed by atoms with van der Waals surface area (Å²) in [6.07, 6.45) is 1.66. The summed E-state index contributed by atoms with van der Waals surface area (Å²) in [5, 5.41) is 7.06. The lowest BCUT2D eigenvalue weighted by molar-refractivity contribution is -0.119.